The molecule has 0 spiro atoms. The van der Waals surface area contributed by atoms with E-state index in [4.69, 9.17) is 4.74 Å². The fraction of sp³-hybridized carbons (Fsp3) is 0.500. The minimum absolute atomic E-state index is 0.251. The Morgan fingerprint density at radius 3 is 3.17 bits per heavy atom. The van der Waals surface area contributed by atoms with Crippen LogP contribution in [-0.2, 0) is 4.74 Å². The summed E-state index contributed by atoms with van der Waals surface area (Å²) in [7, 11) is 0. The van der Waals surface area contributed by atoms with Crippen molar-refractivity contribution in [3.05, 3.63) is 29.8 Å². The van der Waals surface area contributed by atoms with E-state index in [9.17, 15) is 4.79 Å². The number of esters is 1. The monoisotopic (exact) mass is 265 g/mol. The van der Waals surface area contributed by atoms with E-state index < -0.39 is 0 Å². The maximum atomic E-state index is 11.6. The van der Waals surface area contributed by atoms with Gasteiger partial charge in [-0.1, -0.05) is 6.07 Å². The van der Waals surface area contributed by atoms with Crippen molar-refractivity contribution in [1.29, 1.82) is 0 Å². The first-order valence-corrected chi connectivity index (χ1v) is 7.56. The van der Waals surface area contributed by atoms with E-state index in [-0.39, 0.29) is 5.97 Å². The number of carbonyl (C=O) groups excluding carboxylic acids is 1. The quantitative estimate of drug-likeness (QED) is 0.849. The number of anilines is 1. The van der Waals surface area contributed by atoms with E-state index in [2.05, 4.69) is 5.32 Å². The van der Waals surface area contributed by atoms with Gasteiger partial charge in [0.05, 0.1) is 12.2 Å². The normalized spacial score (nSPS) is 19.3. The number of nitrogens with one attached hydrogen (secondary N) is 1. The first-order chi connectivity index (χ1) is 8.79. The van der Waals surface area contributed by atoms with Crippen LogP contribution in [-0.4, -0.2) is 30.1 Å². The minimum Gasteiger partial charge on any atom is -0.462 e. The van der Waals surface area contributed by atoms with Crippen molar-refractivity contribution >= 4 is 23.4 Å². The van der Waals surface area contributed by atoms with Crippen LogP contribution in [0.15, 0.2) is 24.3 Å². The first-order valence-electron chi connectivity index (χ1n) is 6.41. The van der Waals surface area contributed by atoms with Gasteiger partial charge in [-0.2, -0.15) is 11.8 Å². The van der Waals surface area contributed by atoms with Gasteiger partial charge in [-0.15, -0.1) is 0 Å². The van der Waals surface area contributed by atoms with E-state index in [1.165, 1.54) is 18.6 Å². The molecule has 1 atom stereocenters. The molecule has 0 saturated carbocycles. The van der Waals surface area contributed by atoms with Gasteiger partial charge in [0.2, 0.25) is 0 Å². The molecular weight excluding hydrogens is 246 g/mol. The van der Waals surface area contributed by atoms with Crippen molar-refractivity contribution in [3.8, 4) is 0 Å². The molecule has 1 heterocycles. The van der Waals surface area contributed by atoms with Gasteiger partial charge < -0.3 is 10.1 Å². The molecule has 0 amide bonds. The summed E-state index contributed by atoms with van der Waals surface area (Å²) in [4.78, 5) is 11.6. The lowest BCUT2D eigenvalue weighted by Crippen LogP contribution is -2.25. The van der Waals surface area contributed by atoms with Gasteiger partial charge in [0.25, 0.3) is 0 Å². The number of thioether (sulfide) groups is 1. The third-order valence-corrected chi connectivity index (χ3v) is 4.12. The molecule has 0 aromatic heterocycles. The van der Waals surface area contributed by atoms with Crippen molar-refractivity contribution < 1.29 is 9.53 Å². The summed E-state index contributed by atoms with van der Waals surface area (Å²) >= 11 is 1.99. The summed E-state index contributed by atoms with van der Waals surface area (Å²) in [6.07, 6.45) is 2.47. The molecule has 1 aliphatic rings. The van der Waals surface area contributed by atoms with Gasteiger partial charge in [-0.25, -0.2) is 4.79 Å². The number of hydrogen-bond acceptors (Lipinski definition) is 4. The molecule has 1 N–H and O–H groups in total. The summed E-state index contributed by atoms with van der Waals surface area (Å²) in [5.74, 6) is 2.16. The van der Waals surface area contributed by atoms with Crippen LogP contribution in [0.1, 0.15) is 30.1 Å². The Morgan fingerprint density at radius 2 is 2.44 bits per heavy atom. The Kier molecular flexibility index (Phi) is 4.93. The van der Waals surface area contributed by atoms with E-state index in [0.29, 0.717) is 18.2 Å². The molecule has 18 heavy (non-hydrogen) atoms. The van der Waals surface area contributed by atoms with Gasteiger partial charge in [-0.3, -0.25) is 0 Å². The predicted octanol–water partition coefficient (Wildman–Crippen LogP) is 3.17. The molecule has 1 aromatic carbocycles. The fourth-order valence-electron chi connectivity index (χ4n) is 2.04. The maximum Gasteiger partial charge on any atom is 0.338 e. The van der Waals surface area contributed by atoms with Crippen molar-refractivity contribution in [2.24, 2.45) is 0 Å². The van der Waals surface area contributed by atoms with Gasteiger partial charge in [0.15, 0.2) is 0 Å². The number of benzene rings is 1. The van der Waals surface area contributed by atoms with Crippen LogP contribution in [0.3, 0.4) is 0 Å². The molecule has 1 fully saturated rings. The smallest absolute Gasteiger partial charge is 0.338 e. The van der Waals surface area contributed by atoms with Crippen LogP contribution in [0.25, 0.3) is 0 Å². The molecule has 2 rings (SSSR count). The second-order valence-corrected chi connectivity index (χ2v) is 5.51. The van der Waals surface area contributed by atoms with Crippen LogP contribution < -0.4 is 5.32 Å². The van der Waals surface area contributed by atoms with Gasteiger partial charge in [-0.05, 0) is 43.7 Å². The van der Waals surface area contributed by atoms with Crippen molar-refractivity contribution in [3.63, 3.8) is 0 Å². The predicted molar refractivity (Wildman–Crippen MR) is 76.4 cm³/mol. The van der Waals surface area contributed by atoms with Gasteiger partial charge in [0, 0.05) is 17.5 Å². The third kappa shape index (κ3) is 3.67. The molecule has 98 valence electrons. The maximum absolute atomic E-state index is 11.6. The summed E-state index contributed by atoms with van der Waals surface area (Å²) in [6, 6.07) is 8.07. The van der Waals surface area contributed by atoms with E-state index in [1.54, 1.807) is 6.07 Å². The summed E-state index contributed by atoms with van der Waals surface area (Å²) in [6.45, 7) is 2.23. The zero-order valence-electron chi connectivity index (χ0n) is 10.6. The summed E-state index contributed by atoms with van der Waals surface area (Å²) < 4.78 is 5.00. The molecule has 1 aromatic rings. The molecule has 1 aliphatic heterocycles. The average molecular weight is 265 g/mol. The topological polar surface area (TPSA) is 38.3 Å². The number of carbonyl (C=O) groups is 1. The lowest BCUT2D eigenvalue weighted by atomic mass is 10.1. The molecular formula is C14H19NO2S. The Morgan fingerprint density at radius 1 is 1.56 bits per heavy atom. The zero-order valence-corrected chi connectivity index (χ0v) is 11.5. The highest BCUT2D eigenvalue weighted by Gasteiger charge is 2.14. The van der Waals surface area contributed by atoms with E-state index in [1.807, 2.05) is 36.9 Å². The molecule has 3 nitrogen and oxygen atoms in total. The van der Waals surface area contributed by atoms with Gasteiger partial charge >= 0.3 is 5.97 Å². The number of ether oxygens (including phenoxy) is 1. The highest BCUT2D eigenvalue weighted by Crippen LogP contribution is 2.21. The zero-order chi connectivity index (χ0) is 12.8. The molecule has 0 bridgehead atoms. The Hall–Kier alpha value is -1.16. The first kappa shape index (κ1) is 13.3. The van der Waals surface area contributed by atoms with Crippen molar-refractivity contribution in [2.45, 2.75) is 25.8 Å². The van der Waals surface area contributed by atoms with E-state index in [0.717, 1.165) is 11.4 Å². The van der Waals surface area contributed by atoms with Crippen LogP contribution in [0.4, 0.5) is 5.69 Å². The third-order valence-electron chi connectivity index (χ3n) is 2.90. The standard InChI is InChI=1S/C14H19NO2S/c1-2-17-14(16)11-5-3-6-12(9-11)15-13-7-4-8-18-10-13/h3,5-6,9,13,15H,2,4,7-8,10H2,1H3. The largest absolute Gasteiger partial charge is 0.462 e. The highest BCUT2D eigenvalue weighted by molar-refractivity contribution is 7.99. The Bertz CT molecular complexity index is 403. The van der Waals surface area contributed by atoms with Crippen LogP contribution >= 0.6 is 11.8 Å². The Labute approximate surface area is 112 Å². The molecule has 1 unspecified atom stereocenters. The molecule has 4 heteroatoms. The molecule has 1 saturated heterocycles. The average Bonchev–Trinajstić information content (AvgIpc) is 2.40. The lowest BCUT2D eigenvalue weighted by Gasteiger charge is -2.23. The van der Waals surface area contributed by atoms with Crippen LogP contribution in [0.5, 0.6) is 0 Å². The van der Waals surface area contributed by atoms with Crippen molar-refractivity contribution in [2.75, 3.05) is 23.4 Å². The second-order valence-electron chi connectivity index (χ2n) is 4.36. The number of rotatable bonds is 4. The summed E-state index contributed by atoms with van der Waals surface area (Å²) in [5, 5.41) is 3.49. The number of hydrogen-bond donors (Lipinski definition) is 1. The van der Waals surface area contributed by atoms with Crippen molar-refractivity contribution in [1.82, 2.24) is 0 Å². The molecule has 0 aliphatic carbocycles. The highest BCUT2D eigenvalue weighted by atomic mass is 32.2. The second kappa shape index (κ2) is 6.69. The van der Waals surface area contributed by atoms with Gasteiger partial charge in [0.1, 0.15) is 0 Å². The van der Waals surface area contributed by atoms with Crippen LogP contribution in [0, 0.1) is 0 Å². The fourth-order valence-corrected chi connectivity index (χ4v) is 3.11. The summed E-state index contributed by atoms with van der Waals surface area (Å²) in [5.41, 5.74) is 1.62. The van der Waals surface area contributed by atoms with E-state index >= 15 is 0 Å². The Balaban J connectivity index is 2.00. The lowest BCUT2D eigenvalue weighted by molar-refractivity contribution is 0.0526. The SMILES string of the molecule is CCOC(=O)c1cccc(NC2CCCSC2)c1. The van der Waals surface area contributed by atoms with Crippen LogP contribution in [0.2, 0.25) is 0 Å². The molecule has 0 radical (unpaired) electrons. The minimum atomic E-state index is -0.251.